The number of hydrogen-bond acceptors (Lipinski definition) is 4. The SMILES string of the molecule is O=C1C[C@H](OCc2ccccc2)[C@@H](COCc2ccccc2)O1. The van der Waals surface area contributed by atoms with E-state index < -0.39 is 0 Å². The normalized spacial score (nSPS) is 20.4. The minimum absolute atomic E-state index is 0.226. The first kappa shape index (κ1) is 15.7. The van der Waals surface area contributed by atoms with E-state index in [0.29, 0.717) is 19.8 Å². The van der Waals surface area contributed by atoms with Gasteiger partial charge in [0.25, 0.3) is 0 Å². The average Bonchev–Trinajstić information content (AvgIpc) is 2.95. The predicted molar refractivity (Wildman–Crippen MR) is 85.6 cm³/mol. The minimum Gasteiger partial charge on any atom is -0.457 e. The van der Waals surface area contributed by atoms with E-state index in [1.807, 2.05) is 60.7 Å². The third-order valence-electron chi connectivity index (χ3n) is 3.77. The van der Waals surface area contributed by atoms with Crippen molar-refractivity contribution in [3.05, 3.63) is 71.8 Å². The summed E-state index contributed by atoms with van der Waals surface area (Å²) in [5.74, 6) is -0.226. The highest BCUT2D eigenvalue weighted by Crippen LogP contribution is 2.20. The third kappa shape index (κ3) is 4.65. The van der Waals surface area contributed by atoms with Crippen molar-refractivity contribution in [3.8, 4) is 0 Å². The summed E-state index contributed by atoms with van der Waals surface area (Å²) in [6, 6.07) is 19.8. The lowest BCUT2D eigenvalue weighted by Crippen LogP contribution is -2.29. The zero-order chi connectivity index (χ0) is 15.9. The van der Waals surface area contributed by atoms with Gasteiger partial charge in [0, 0.05) is 0 Å². The van der Waals surface area contributed by atoms with Gasteiger partial charge in [-0.1, -0.05) is 60.7 Å². The van der Waals surface area contributed by atoms with Crippen LogP contribution in [0.25, 0.3) is 0 Å². The fourth-order valence-electron chi connectivity index (χ4n) is 2.54. The molecule has 1 saturated heterocycles. The summed E-state index contributed by atoms with van der Waals surface area (Å²) < 4.78 is 16.8. The number of carbonyl (C=O) groups is 1. The molecule has 0 saturated carbocycles. The first-order chi connectivity index (χ1) is 11.3. The van der Waals surface area contributed by atoms with Crippen LogP contribution in [0, 0.1) is 0 Å². The topological polar surface area (TPSA) is 44.8 Å². The average molecular weight is 312 g/mol. The van der Waals surface area contributed by atoms with Crippen molar-refractivity contribution in [2.75, 3.05) is 6.61 Å². The summed E-state index contributed by atoms with van der Waals surface area (Å²) in [5.41, 5.74) is 2.18. The maximum Gasteiger partial charge on any atom is 0.309 e. The molecule has 2 aromatic rings. The molecule has 0 amide bonds. The summed E-state index contributed by atoms with van der Waals surface area (Å²) in [6.07, 6.45) is -0.306. The number of hydrogen-bond donors (Lipinski definition) is 0. The van der Waals surface area contributed by atoms with Gasteiger partial charge < -0.3 is 14.2 Å². The molecule has 0 aliphatic carbocycles. The molecule has 0 radical (unpaired) electrons. The minimum atomic E-state index is -0.338. The van der Waals surface area contributed by atoms with Crippen molar-refractivity contribution >= 4 is 5.97 Å². The van der Waals surface area contributed by atoms with Crippen LogP contribution in [0.3, 0.4) is 0 Å². The Morgan fingerprint density at radius 1 is 0.913 bits per heavy atom. The van der Waals surface area contributed by atoms with Crippen molar-refractivity contribution < 1.29 is 19.0 Å². The molecule has 2 atom stereocenters. The predicted octanol–water partition coefficient (Wildman–Crippen LogP) is 3.10. The molecule has 120 valence electrons. The van der Waals surface area contributed by atoms with E-state index in [4.69, 9.17) is 14.2 Å². The molecular weight excluding hydrogens is 292 g/mol. The van der Waals surface area contributed by atoms with Crippen LogP contribution in [0.1, 0.15) is 17.5 Å². The fraction of sp³-hybridized carbons (Fsp3) is 0.316. The molecule has 3 rings (SSSR count). The van der Waals surface area contributed by atoms with Crippen molar-refractivity contribution in [3.63, 3.8) is 0 Å². The van der Waals surface area contributed by atoms with E-state index in [9.17, 15) is 4.79 Å². The Kier molecular flexibility index (Phi) is 5.40. The van der Waals surface area contributed by atoms with E-state index >= 15 is 0 Å². The summed E-state index contributed by atoms with van der Waals surface area (Å²) in [6.45, 7) is 1.32. The number of esters is 1. The molecular formula is C19H20O4. The molecule has 1 aliphatic heterocycles. The van der Waals surface area contributed by atoms with Crippen molar-refractivity contribution in [1.29, 1.82) is 0 Å². The van der Waals surface area contributed by atoms with Crippen LogP contribution >= 0.6 is 0 Å². The molecule has 0 N–H and O–H groups in total. The third-order valence-corrected chi connectivity index (χ3v) is 3.77. The van der Waals surface area contributed by atoms with Gasteiger partial charge >= 0.3 is 5.97 Å². The second kappa shape index (κ2) is 7.90. The van der Waals surface area contributed by atoms with Gasteiger partial charge in [-0.15, -0.1) is 0 Å². The van der Waals surface area contributed by atoms with Crippen LogP contribution in [-0.4, -0.2) is 24.8 Å². The second-order valence-electron chi connectivity index (χ2n) is 5.57. The number of cyclic esters (lactones) is 1. The van der Waals surface area contributed by atoms with Gasteiger partial charge in [0.15, 0.2) is 6.10 Å². The molecule has 0 bridgehead atoms. The highest BCUT2D eigenvalue weighted by molar-refractivity contribution is 5.72. The summed E-state index contributed by atoms with van der Waals surface area (Å²) >= 11 is 0. The smallest absolute Gasteiger partial charge is 0.309 e. The highest BCUT2D eigenvalue weighted by atomic mass is 16.6. The molecule has 0 spiro atoms. The van der Waals surface area contributed by atoms with Crippen LogP contribution in [0.15, 0.2) is 60.7 Å². The number of carbonyl (C=O) groups excluding carboxylic acids is 1. The molecule has 1 aliphatic rings. The molecule has 1 fully saturated rings. The lowest BCUT2D eigenvalue weighted by atomic mass is 10.2. The largest absolute Gasteiger partial charge is 0.457 e. The van der Waals surface area contributed by atoms with E-state index in [-0.39, 0.29) is 24.6 Å². The lowest BCUT2D eigenvalue weighted by Gasteiger charge is -2.18. The first-order valence-electron chi connectivity index (χ1n) is 7.78. The summed E-state index contributed by atoms with van der Waals surface area (Å²) in [5, 5.41) is 0. The van der Waals surface area contributed by atoms with Crippen LogP contribution in [0.2, 0.25) is 0 Å². The van der Waals surface area contributed by atoms with Crippen LogP contribution in [-0.2, 0) is 32.2 Å². The van der Waals surface area contributed by atoms with Crippen LogP contribution in [0.4, 0.5) is 0 Å². The number of benzene rings is 2. The molecule has 4 heteroatoms. The van der Waals surface area contributed by atoms with Gasteiger partial charge in [-0.05, 0) is 11.1 Å². The Hall–Kier alpha value is -2.17. The van der Waals surface area contributed by atoms with Gasteiger partial charge in [-0.2, -0.15) is 0 Å². The maximum absolute atomic E-state index is 11.6. The molecule has 4 nitrogen and oxygen atoms in total. The van der Waals surface area contributed by atoms with E-state index in [1.54, 1.807) is 0 Å². The lowest BCUT2D eigenvalue weighted by molar-refractivity contribution is -0.144. The molecule has 0 aromatic heterocycles. The molecule has 2 aromatic carbocycles. The molecule has 0 unspecified atom stereocenters. The Morgan fingerprint density at radius 2 is 1.52 bits per heavy atom. The number of rotatable bonds is 7. The monoisotopic (exact) mass is 312 g/mol. The van der Waals surface area contributed by atoms with Crippen molar-refractivity contribution in [1.82, 2.24) is 0 Å². The van der Waals surface area contributed by atoms with E-state index in [0.717, 1.165) is 11.1 Å². The molecule has 23 heavy (non-hydrogen) atoms. The quantitative estimate of drug-likeness (QED) is 0.737. The van der Waals surface area contributed by atoms with Crippen LogP contribution < -0.4 is 0 Å². The van der Waals surface area contributed by atoms with Gasteiger partial charge in [0.2, 0.25) is 0 Å². The summed E-state index contributed by atoms with van der Waals surface area (Å²) in [7, 11) is 0. The summed E-state index contributed by atoms with van der Waals surface area (Å²) in [4.78, 5) is 11.6. The van der Waals surface area contributed by atoms with E-state index in [1.165, 1.54) is 0 Å². The van der Waals surface area contributed by atoms with E-state index in [2.05, 4.69) is 0 Å². The van der Waals surface area contributed by atoms with Gasteiger partial charge in [-0.25, -0.2) is 0 Å². The Labute approximate surface area is 136 Å². The first-order valence-corrected chi connectivity index (χ1v) is 7.78. The Balaban J connectivity index is 1.48. The number of ether oxygens (including phenoxy) is 3. The van der Waals surface area contributed by atoms with Crippen molar-refractivity contribution in [2.45, 2.75) is 31.8 Å². The Bertz CT molecular complexity index is 612. The zero-order valence-electron chi connectivity index (χ0n) is 12.9. The van der Waals surface area contributed by atoms with Gasteiger partial charge in [-0.3, -0.25) is 4.79 Å². The maximum atomic E-state index is 11.6. The zero-order valence-corrected chi connectivity index (χ0v) is 12.9. The van der Waals surface area contributed by atoms with Crippen LogP contribution in [0.5, 0.6) is 0 Å². The van der Waals surface area contributed by atoms with Gasteiger partial charge in [0.05, 0.1) is 26.2 Å². The standard InChI is InChI=1S/C19H20O4/c20-19-11-17(22-13-16-9-5-2-6-10-16)18(23-19)14-21-12-15-7-3-1-4-8-15/h1-10,17-18H,11-14H2/t17-,18+/m0/s1. The second-order valence-corrected chi connectivity index (χ2v) is 5.57. The Morgan fingerprint density at radius 3 is 2.17 bits per heavy atom. The molecule has 1 heterocycles. The van der Waals surface area contributed by atoms with Crippen molar-refractivity contribution in [2.24, 2.45) is 0 Å². The van der Waals surface area contributed by atoms with Gasteiger partial charge in [0.1, 0.15) is 6.10 Å². The highest BCUT2D eigenvalue weighted by Gasteiger charge is 2.35. The fourth-order valence-corrected chi connectivity index (χ4v) is 2.54.